The van der Waals surface area contributed by atoms with Gasteiger partial charge in [-0.2, -0.15) is 0 Å². The highest BCUT2D eigenvalue weighted by molar-refractivity contribution is 5.90. The number of piperidine rings is 1. The average molecular weight is 281 g/mol. The molecule has 0 aliphatic carbocycles. The minimum absolute atomic E-state index is 0.0119. The molecule has 7 nitrogen and oxygen atoms in total. The number of nitrogens with one attached hydrogen (secondary N) is 1. The van der Waals surface area contributed by atoms with E-state index in [-0.39, 0.29) is 29.8 Å². The summed E-state index contributed by atoms with van der Waals surface area (Å²) in [6, 6.07) is -0.0119. The highest BCUT2D eigenvalue weighted by Crippen LogP contribution is 2.21. The van der Waals surface area contributed by atoms with E-state index in [1.165, 1.54) is 0 Å². The molecule has 2 unspecified atom stereocenters. The Morgan fingerprint density at radius 1 is 1.60 bits per heavy atom. The number of nitrogens with two attached hydrogens (primary N) is 1. The third-order valence-electron chi connectivity index (χ3n) is 3.77. The zero-order valence-electron chi connectivity index (χ0n) is 12.3. The predicted octanol–water partition coefficient (Wildman–Crippen LogP) is 0.506. The quantitative estimate of drug-likeness (QED) is 0.838. The number of aromatic amines is 1. The number of hydrogen-bond donors (Lipinski definition) is 2. The summed E-state index contributed by atoms with van der Waals surface area (Å²) in [5.41, 5.74) is 5.78. The molecule has 7 heteroatoms. The summed E-state index contributed by atoms with van der Waals surface area (Å²) < 4.78 is 5.36. The van der Waals surface area contributed by atoms with Crippen LogP contribution in [0.3, 0.4) is 0 Å². The number of likely N-dealkylation sites (tertiary alicyclic amines) is 1. The molecule has 3 N–H and O–H groups in total. The lowest BCUT2D eigenvalue weighted by Crippen LogP contribution is -2.51. The molecule has 112 valence electrons. The fourth-order valence-electron chi connectivity index (χ4n) is 2.48. The zero-order valence-corrected chi connectivity index (χ0v) is 12.3. The van der Waals surface area contributed by atoms with Crippen molar-refractivity contribution < 1.29 is 9.53 Å². The summed E-state index contributed by atoms with van der Waals surface area (Å²) in [7, 11) is 1.69. The lowest BCUT2D eigenvalue weighted by atomic mass is 9.99. The molecule has 2 rings (SSSR count). The summed E-state index contributed by atoms with van der Waals surface area (Å²) >= 11 is 0. The molecule has 0 radical (unpaired) electrons. The number of H-pyrrole nitrogens is 1. The third-order valence-corrected chi connectivity index (χ3v) is 3.77. The number of rotatable bonds is 4. The van der Waals surface area contributed by atoms with Crippen LogP contribution in [0.15, 0.2) is 0 Å². The molecular weight excluding hydrogens is 258 g/mol. The number of aromatic nitrogens is 3. The molecule has 1 aliphatic rings. The van der Waals surface area contributed by atoms with E-state index in [1.54, 1.807) is 12.0 Å². The molecule has 0 spiro atoms. The minimum Gasteiger partial charge on any atom is -0.381 e. The molecule has 1 aliphatic heterocycles. The predicted molar refractivity (Wildman–Crippen MR) is 74.4 cm³/mol. The standard InChI is InChI=1S/C13H23N5O2/c1-8(2)11-15-12(17-16-11)13(19)18-5-4-10(20-3)6-9(18)7-14/h8-10H,4-7,14H2,1-3H3,(H,15,16,17). The molecule has 1 aromatic heterocycles. The monoisotopic (exact) mass is 281 g/mol. The molecule has 1 aromatic rings. The summed E-state index contributed by atoms with van der Waals surface area (Å²) in [5, 5.41) is 6.83. The first-order valence-corrected chi connectivity index (χ1v) is 7.03. The van der Waals surface area contributed by atoms with Gasteiger partial charge >= 0.3 is 0 Å². The minimum atomic E-state index is -0.154. The molecule has 0 saturated carbocycles. The second kappa shape index (κ2) is 6.32. The van der Waals surface area contributed by atoms with Crippen molar-refractivity contribution in [1.29, 1.82) is 0 Å². The molecule has 1 amide bonds. The van der Waals surface area contributed by atoms with Gasteiger partial charge in [0.05, 0.1) is 6.10 Å². The van der Waals surface area contributed by atoms with Crippen molar-refractivity contribution >= 4 is 5.91 Å². The third kappa shape index (κ3) is 2.99. The van der Waals surface area contributed by atoms with Crippen LogP contribution in [0.4, 0.5) is 0 Å². The normalized spacial score (nSPS) is 23.4. The van der Waals surface area contributed by atoms with Crippen LogP contribution >= 0.6 is 0 Å². The van der Waals surface area contributed by atoms with Gasteiger partial charge in [-0.05, 0) is 12.8 Å². The molecule has 1 fully saturated rings. The van der Waals surface area contributed by atoms with Crippen molar-refractivity contribution in [3.8, 4) is 0 Å². The SMILES string of the molecule is COC1CCN(C(=O)c2n[nH]c(C(C)C)n2)C(CN)C1. The second-order valence-corrected chi connectivity index (χ2v) is 5.47. The summed E-state index contributed by atoms with van der Waals surface area (Å²) in [5.74, 6) is 1.01. The van der Waals surface area contributed by atoms with E-state index >= 15 is 0 Å². The molecule has 1 saturated heterocycles. The molecule has 2 heterocycles. The second-order valence-electron chi connectivity index (χ2n) is 5.47. The van der Waals surface area contributed by atoms with Crippen molar-refractivity contribution in [2.24, 2.45) is 5.73 Å². The van der Waals surface area contributed by atoms with Gasteiger partial charge < -0.3 is 15.4 Å². The largest absolute Gasteiger partial charge is 0.381 e. The fourth-order valence-corrected chi connectivity index (χ4v) is 2.48. The highest BCUT2D eigenvalue weighted by Gasteiger charge is 2.33. The Labute approximate surface area is 118 Å². The number of methoxy groups -OCH3 is 1. The van der Waals surface area contributed by atoms with Gasteiger partial charge in [-0.15, -0.1) is 5.10 Å². The summed E-state index contributed by atoms with van der Waals surface area (Å²) in [6.45, 7) is 5.06. The van der Waals surface area contributed by atoms with Crippen LogP contribution < -0.4 is 5.73 Å². The first-order valence-electron chi connectivity index (χ1n) is 7.03. The maximum atomic E-state index is 12.5. The van der Waals surface area contributed by atoms with Crippen LogP contribution in [0.1, 0.15) is 49.1 Å². The number of carbonyl (C=O) groups excluding carboxylic acids is 1. The van der Waals surface area contributed by atoms with E-state index < -0.39 is 0 Å². The topological polar surface area (TPSA) is 97.1 Å². The zero-order chi connectivity index (χ0) is 14.7. The van der Waals surface area contributed by atoms with E-state index in [9.17, 15) is 4.79 Å². The van der Waals surface area contributed by atoms with Crippen LogP contribution in [0, 0.1) is 0 Å². The van der Waals surface area contributed by atoms with Crippen molar-refractivity contribution in [3.63, 3.8) is 0 Å². The first-order chi connectivity index (χ1) is 9.56. The van der Waals surface area contributed by atoms with Crippen molar-refractivity contribution in [1.82, 2.24) is 20.1 Å². The molecule has 20 heavy (non-hydrogen) atoms. The van der Waals surface area contributed by atoms with Gasteiger partial charge in [0.2, 0.25) is 5.82 Å². The van der Waals surface area contributed by atoms with E-state index in [0.29, 0.717) is 13.1 Å². The van der Waals surface area contributed by atoms with Gasteiger partial charge in [0.25, 0.3) is 5.91 Å². The number of ether oxygens (including phenoxy) is 1. The smallest absolute Gasteiger partial charge is 0.293 e. The van der Waals surface area contributed by atoms with Crippen LogP contribution in [-0.2, 0) is 4.74 Å². The van der Waals surface area contributed by atoms with Crippen LogP contribution in [0.5, 0.6) is 0 Å². The van der Waals surface area contributed by atoms with Gasteiger partial charge in [0.1, 0.15) is 5.82 Å². The van der Waals surface area contributed by atoms with E-state index in [4.69, 9.17) is 10.5 Å². The van der Waals surface area contributed by atoms with Crippen LogP contribution in [0.2, 0.25) is 0 Å². The number of carbonyl (C=O) groups is 1. The van der Waals surface area contributed by atoms with Gasteiger partial charge in [-0.1, -0.05) is 13.8 Å². The maximum Gasteiger partial charge on any atom is 0.293 e. The molecule has 0 bridgehead atoms. The Hall–Kier alpha value is -1.47. The van der Waals surface area contributed by atoms with E-state index in [0.717, 1.165) is 18.7 Å². The molecular formula is C13H23N5O2. The van der Waals surface area contributed by atoms with Gasteiger partial charge in [0.15, 0.2) is 0 Å². The molecule has 0 aromatic carbocycles. The molecule has 2 atom stereocenters. The number of nitrogens with zero attached hydrogens (tertiary/aromatic N) is 3. The lowest BCUT2D eigenvalue weighted by Gasteiger charge is -2.37. The van der Waals surface area contributed by atoms with Crippen LogP contribution in [-0.4, -0.2) is 58.3 Å². The Morgan fingerprint density at radius 3 is 2.90 bits per heavy atom. The van der Waals surface area contributed by atoms with Crippen molar-refractivity contribution in [2.45, 2.75) is 44.8 Å². The van der Waals surface area contributed by atoms with Crippen LogP contribution in [0.25, 0.3) is 0 Å². The lowest BCUT2D eigenvalue weighted by molar-refractivity contribution is 0.0133. The maximum absolute atomic E-state index is 12.5. The number of hydrogen-bond acceptors (Lipinski definition) is 5. The highest BCUT2D eigenvalue weighted by atomic mass is 16.5. The Morgan fingerprint density at radius 2 is 2.35 bits per heavy atom. The fraction of sp³-hybridized carbons (Fsp3) is 0.769. The van der Waals surface area contributed by atoms with Crippen molar-refractivity contribution in [2.75, 3.05) is 20.2 Å². The van der Waals surface area contributed by atoms with Gasteiger partial charge in [-0.25, -0.2) is 4.98 Å². The Bertz CT molecular complexity index is 459. The first kappa shape index (κ1) is 14.9. The number of amides is 1. The average Bonchev–Trinajstić information content (AvgIpc) is 2.95. The Balaban J connectivity index is 2.10. The van der Waals surface area contributed by atoms with Gasteiger partial charge in [-0.3, -0.25) is 9.89 Å². The summed E-state index contributed by atoms with van der Waals surface area (Å²) in [4.78, 5) is 18.5. The Kier molecular flexibility index (Phi) is 4.72. The van der Waals surface area contributed by atoms with E-state index in [2.05, 4.69) is 15.2 Å². The summed E-state index contributed by atoms with van der Waals surface area (Å²) in [6.07, 6.45) is 1.76. The van der Waals surface area contributed by atoms with E-state index in [1.807, 2.05) is 13.8 Å². The van der Waals surface area contributed by atoms with Gasteiger partial charge in [0, 0.05) is 32.2 Å². The van der Waals surface area contributed by atoms with Crippen molar-refractivity contribution in [3.05, 3.63) is 11.6 Å².